The third-order valence-electron chi connectivity index (χ3n) is 17.3. The summed E-state index contributed by atoms with van der Waals surface area (Å²) in [5, 5.41) is 7.91. The van der Waals surface area contributed by atoms with Crippen LogP contribution in [0.15, 0.2) is 276 Å². The van der Waals surface area contributed by atoms with Gasteiger partial charge >= 0.3 is 41.5 Å². The van der Waals surface area contributed by atoms with Crippen molar-refractivity contribution in [3.05, 3.63) is 320 Å². The summed E-state index contributed by atoms with van der Waals surface area (Å²) in [6.45, 7) is 0. The first-order valence-corrected chi connectivity index (χ1v) is 32.7. The molecule has 0 saturated carbocycles. The number of benzene rings is 13. The Morgan fingerprint density at radius 3 is 1.00 bits per heavy atom. The second-order valence-corrected chi connectivity index (χ2v) is 28.2. The van der Waals surface area contributed by atoms with Crippen LogP contribution in [0, 0.1) is 0 Å². The van der Waals surface area contributed by atoms with E-state index in [-0.39, 0.29) is 10.8 Å². The summed E-state index contributed by atoms with van der Waals surface area (Å²) in [5.41, 5.74) is 25.9. The van der Waals surface area contributed by atoms with Crippen LogP contribution in [0.4, 0.5) is 0 Å². The van der Waals surface area contributed by atoms with Crippen LogP contribution in [0.25, 0.3) is 99.1 Å². The molecule has 0 radical (unpaired) electrons. The molecule has 2 spiro atoms. The van der Waals surface area contributed by atoms with Gasteiger partial charge in [-0.1, -0.05) is 256 Å². The van der Waals surface area contributed by atoms with E-state index in [1.807, 2.05) is 0 Å². The maximum atomic E-state index is 4.89. The Hall–Kier alpha value is -7.01. The normalized spacial score (nSPS) is 13.7. The molecule has 4 aliphatic rings. The van der Waals surface area contributed by atoms with Crippen molar-refractivity contribution in [1.82, 2.24) is 0 Å². The topological polar surface area (TPSA) is 0 Å². The molecule has 0 saturated heterocycles. The minimum absolute atomic E-state index is 0.320. The van der Waals surface area contributed by atoms with Crippen LogP contribution in [-0.2, 0) is 22.0 Å². The Labute approximate surface area is 499 Å². The third-order valence-corrected chi connectivity index (χ3v) is 18.3. The van der Waals surface area contributed by atoms with E-state index in [0.29, 0.717) is 0 Å². The summed E-state index contributed by atoms with van der Waals surface area (Å²) in [6.07, 6.45) is 0. The van der Waals surface area contributed by atoms with E-state index in [1.165, 1.54) is 144 Å². The van der Waals surface area contributed by atoms with Crippen LogP contribution in [0.5, 0.6) is 0 Å². The molecule has 0 fully saturated rings. The summed E-state index contributed by atoms with van der Waals surface area (Å²) in [7, 11) is 14.7. The fourth-order valence-corrected chi connectivity index (χ4v) is 15.1. The molecule has 0 atom stereocenters. The quantitative estimate of drug-likeness (QED) is 0.120. The van der Waals surface area contributed by atoms with Crippen molar-refractivity contribution in [3.8, 4) is 66.8 Å². The molecule has 17 rings (SSSR count). The zero-order valence-corrected chi connectivity index (χ0v) is 49.2. The van der Waals surface area contributed by atoms with Crippen molar-refractivity contribution >= 4 is 94.5 Å². The molecule has 4 aliphatic carbocycles. The standard InChI is InChI=1S/C37H21Br.C37H23Br.3ClH.Fe/c38-22-17-18-29-32-20-30-25-11-3-1-9-23(25)24-10-2-4-12-26(24)31(30)21-36(32)37(35(29)19-22)33-15-7-5-13-27(33)28-14-6-8-16-34(28)37;38-26-19-20-31-32-22-25(28-13-5-4-12-27(28)24-10-2-1-3-11-24)18-21-35(32)37(36(31)23-26)33-16-8-6-14-29(33)30-15-7-9-17-34(30)37;;;;/h1-21H;1-23H;3*1H;/q;;;;;+3/p-3. The van der Waals surface area contributed by atoms with Gasteiger partial charge in [-0.15, -0.1) is 0 Å². The average Bonchev–Trinajstić information content (AvgIpc) is 4.10. The molecule has 13 aromatic carbocycles. The van der Waals surface area contributed by atoms with Crippen LogP contribution < -0.4 is 0 Å². The fraction of sp³-hybridized carbons (Fsp3) is 0.0270. The predicted molar refractivity (Wildman–Crippen MR) is 342 cm³/mol. The molecule has 383 valence electrons. The molecule has 0 bridgehead atoms. The molecular weight excluding hydrogens is 1210 g/mol. The molecule has 0 aliphatic heterocycles. The summed E-state index contributed by atoms with van der Waals surface area (Å²) in [4.78, 5) is 0. The predicted octanol–water partition coefficient (Wildman–Crippen LogP) is 22.4. The van der Waals surface area contributed by atoms with Gasteiger partial charge in [-0.3, -0.25) is 0 Å². The molecule has 0 nitrogen and oxygen atoms in total. The number of fused-ring (bicyclic) bond motifs is 26. The van der Waals surface area contributed by atoms with E-state index in [2.05, 4.69) is 299 Å². The Kier molecular flexibility index (Phi) is 12.3. The van der Waals surface area contributed by atoms with Crippen LogP contribution in [0.2, 0.25) is 0 Å². The van der Waals surface area contributed by atoms with Crippen molar-refractivity contribution in [3.63, 3.8) is 0 Å². The fourth-order valence-electron chi connectivity index (χ4n) is 14.4. The summed E-state index contributed by atoms with van der Waals surface area (Å²) < 4.78 is 2.23. The van der Waals surface area contributed by atoms with Gasteiger partial charge in [-0.25, -0.2) is 0 Å². The number of rotatable bonds is 2. The van der Waals surface area contributed by atoms with Gasteiger partial charge in [-0.05, 0) is 186 Å². The first-order valence-electron chi connectivity index (χ1n) is 26.6. The Morgan fingerprint density at radius 1 is 0.225 bits per heavy atom. The number of halogens is 5. The zero-order chi connectivity index (χ0) is 53.9. The van der Waals surface area contributed by atoms with Gasteiger partial charge < -0.3 is 0 Å². The van der Waals surface area contributed by atoms with Gasteiger partial charge in [0.2, 0.25) is 0 Å². The first-order chi connectivity index (χ1) is 39.3. The van der Waals surface area contributed by atoms with Crippen LogP contribution >= 0.6 is 62.2 Å². The van der Waals surface area contributed by atoms with Crippen LogP contribution in [-0.4, -0.2) is 0 Å². The van der Waals surface area contributed by atoms with Gasteiger partial charge in [0.25, 0.3) is 0 Å². The van der Waals surface area contributed by atoms with Crippen molar-refractivity contribution in [2.24, 2.45) is 0 Å². The molecule has 0 aromatic heterocycles. The van der Waals surface area contributed by atoms with E-state index < -0.39 is 11.2 Å². The Morgan fingerprint density at radius 2 is 0.537 bits per heavy atom. The van der Waals surface area contributed by atoms with Gasteiger partial charge in [0.1, 0.15) is 0 Å². The number of hydrogen-bond donors (Lipinski definition) is 0. The van der Waals surface area contributed by atoms with E-state index in [0.717, 1.165) is 8.95 Å². The molecule has 0 unspecified atom stereocenters. The first kappa shape index (κ1) is 50.0. The number of hydrogen-bond acceptors (Lipinski definition) is 0. The van der Waals surface area contributed by atoms with E-state index >= 15 is 0 Å². The zero-order valence-electron chi connectivity index (χ0n) is 42.6. The van der Waals surface area contributed by atoms with Crippen molar-refractivity contribution < 1.29 is 11.2 Å². The van der Waals surface area contributed by atoms with Gasteiger partial charge in [0.05, 0.1) is 10.8 Å². The van der Waals surface area contributed by atoms with Gasteiger partial charge in [0, 0.05) is 8.95 Å². The van der Waals surface area contributed by atoms with Crippen LogP contribution in [0.1, 0.15) is 44.5 Å². The molecular formula is C74H44Br2Cl3Fe. The molecule has 80 heavy (non-hydrogen) atoms. The molecule has 0 amide bonds. The summed E-state index contributed by atoms with van der Waals surface area (Å²) >= 11 is 6.30. The third kappa shape index (κ3) is 7.39. The van der Waals surface area contributed by atoms with Gasteiger partial charge in [-0.2, -0.15) is 0 Å². The second-order valence-electron chi connectivity index (χ2n) is 20.9. The monoisotopic (exact) mass is 1250 g/mol. The van der Waals surface area contributed by atoms with Crippen molar-refractivity contribution in [2.45, 2.75) is 10.8 Å². The van der Waals surface area contributed by atoms with Crippen LogP contribution in [0.3, 0.4) is 0 Å². The molecule has 0 N–H and O–H groups in total. The SMILES string of the molecule is Brc1ccc2c(c1)C1(c3ccccc3-c3ccccc31)c1cc3c4ccccc4c4ccccc4c3cc1-2.Brc1ccc2c(c1)C1(c3ccccc3-c3ccccc31)c1ccc(-c3ccccc3-c3ccccc3)cc1-2.[Cl][Fe]([Cl])[Cl]. The molecule has 13 aromatic rings. The summed E-state index contributed by atoms with van der Waals surface area (Å²) in [6, 6.07) is 98.9. The maximum absolute atomic E-state index is 4.89. The van der Waals surface area contributed by atoms with Gasteiger partial charge in [0.15, 0.2) is 0 Å². The van der Waals surface area contributed by atoms with Crippen molar-refractivity contribution in [1.29, 1.82) is 0 Å². The van der Waals surface area contributed by atoms with E-state index in [4.69, 9.17) is 30.3 Å². The van der Waals surface area contributed by atoms with E-state index in [1.54, 1.807) is 0 Å². The minimum atomic E-state index is -1.33. The Balaban J connectivity index is 0.000000130. The second kappa shape index (κ2) is 19.6. The van der Waals surface area contributed by atoms with Crippen molar-refractivity contribution in [2.75, 3.05) is 0 Å². The summed E-state index contributed by atoms with van der Waals surface area (Å²) in [5.74, 6) is 0. The van der Waals surface area contributed by atoms with E-state index in [9.17, 15) is 0 Å². The average molecular weight is 1260 g/mol. The Bertz CT molecular complexity index is 4610. The molecule has 0 heterocycles. The molecule has 6 heteroatoms.